The van der Waals surface area contributed by atoms with Gasteiger partial charge in [-0.25, -0.2) is 4.79 Å². The van der Waals surface area contributed by atoms with E-state index >= 15 is 0 Å². The van der Waals surface area contributed by atoms with E-state index in [4.69, 9.17) is 4.74 Å². The van der Waals surface area contributed by atoms with Gasteiger partial charge in [-0.3, -0.25) is 0 Å². The van der Waals surface area contributed by atoms with Crippen LogP contribution in [0, 0.1) is 0 Å². The second-order valence-corrected chi connectivity index (χ2v) is 5.75. The van der Waals surface area contributed by atoms with Crippen LogP contribution < -0.4 is 5.32 Å². The lowest BCUT2D eigenvalue weighted by Gasteiger charge is -2.05. The van der Waals surface area contributed by atoms with E-state index in [9.17, 15) is 4.79 Å². The van der Waals surface area contributed by atoms with Crippen LogP contribution in [-0.2, 0) is 4.74 Å². The zero-order chi connectivity index (χ0) is 15.4. The van der Waals surface area contributed by atoms with Crippen molar-refractivity contribution in [1.29, 1.82) is 0 Å². The van der Waals surface area contributed by atoms with Crippen molar-refractivity contribution in [1.82, 2.24) is 0 Å². The number of ether oxygens (including phenoxy) is 1. The molecule has 3 nitrogen and oxygen atoms in total. The molecule has 0 atom stereocenters. The van der Waals surface area contributed by atoms with E-state index < -0.39 is 0 Å². The Morgan fingerprint density at radius 3 is 2.27 bits per heavy atom. The van der Waals surface area contributed by atoms with Crippen molar-refractivity contribution in [3.05, 3.63) is 71.6 Å². The highest BCUT2D eigenvalue weighted by atomic mass is 32.1. The van der Waals surface area contributed by atoms with Gasteiger partial charge in [0.25, 0.3) is 0 Å². The van der Waals surface area contributed by atoms with Crippen LogP contribution in [-0.4, -0.2) is 13.1 Å². The Balaban J connectivity index is 2.00. The Labute approximate surface area is 133 Å². The number of nitrogens with one attached hydrogen (secondary N) is 1. The molecule has 1 aromatic heterocycles. The van der Waals surface area contributed by atoms with Crippen molar-refractivity contribution in [2.75, 3.05) is 12.4 Å². The van der Waals surface area contributed by atoms with Crippen molar-refractivity contribution in [3.8, 4) is 10.4 Å². The highest BCUT2D eigenvalue weighted by molar-refractivity contribution is 7.18. The van der Waals surface area contributed by atoms with Crippen LogP contribution >= 0.6 is 11.3 Å². The molecule has 1 N–H and O–H groups in total. The average molecular weight is 309 g/mol. The fourth-order valence-electron chi connectivity index (χ4n) is 2.15. The highest BCUT2D eigenvalue weighted by Crippen LogP contribution is 2.36. The second kappa shape index (κ2) is 6.45. The number of methoxy groups -OCH3 is 1. The summed E-state index contributed by atoms with van der Waals surface area (Å²) in [5.41, 5.74) is 2.78. The van der Waals surface area contributed by atoms with E-state index in [2.05, 4.69) is 5.32 Å². The van der Waals surface area contributed by atoms with E-state index in [1.54, 1.807) is 0 Å². The van der Waals surface area contributed by atoms with Gasteiger partial charge >= 0.3 is 5.97 Å². The van der Waals surface area contributed by atoms with Crippen LogP contribution in [0.15, 0.2) is 66.7 Å². The van der Waals surface area contributed by atoms with Gasteiger partial charge in [-0.2, -0.15) is 0 Å². The van der Waals surface area contributed by atoms with Gasteiger partial charge in [0.1, 0.15) is 4.88 Å². The molecule has 0 spiro atoms. The van der Waals surface area contributed by atoms with E-state index in [0.29, 0.717) is 4.88 Å². The van der Waals surface area contributed by atoms with Gasteiger partial charge in [-0.15, -0.1) is 11.3 Å². The minimum absolute atomic E-state index is 0.328. The van der Waals surface area contributed by atoms with Crippen LogP contribution in [0.3, 0.4) is 0 Å². The summed E-state index contributed by atoms with van der Waals surface area (Å²) in [6.07, 6.45) is 0. The summed E-state index contributed by atoms with van der Waals surface area (Å²) in [7, 11) is 1.40. The number of hydrogen-bond acceptors (Lipinski definition) is 4. The molecule has 110 valence electrons. The smallest absolute Gasteiger partial charge is 0.350 e. The predicted molar refractivity (Wildman–Crippen MR) is 90.8 cm³/mol. The molecule has 3 rings (SSSR count). The van der Waals surface area contributed by atoms with Crippen molar-refractivity contribution in [3.63, 3.8) is 0 Å². The molecule has 3 aromatic rings. The maximum atomic E-state index is 12.0. The van der Waals surface area contributed by atoms with Gasteiger partial charge in [0.05, 0.1) is 12.8 Å². The van der Waals surface area contributed by atoms with Gasteiger partial charge < -0.3 is 10.1 Å². The quantitative estimate of drug-likeness (QED) is 0.693. The fraction of sp³-hybridized carbons (Fsp3) is 0.0556. The normalized spacial score (nSPS) is 10.2. The molecule has 0 bridgehead atoms. The molecular weight excluding hydrogens is 294 g/mol. The Hall–Kier alpha value is -2.59. The molecule has 0 radical (unpaired) electrons. The lowest BCUT2D eigenvalue weighted by atomic mass is 10.2. The van der Waals surface area contributed by atoms with Crippen LogP contribution in [0.1, 0.15) is 9.67 Å². The molecule has 0 amide bonds. The topological polar surface area (TPSA) is 38.3 Å². The van der Waals surface area contributed by atoms with Crippen LogP contribution in [0.25, 0.3) is 10.4 Å². The molecule has 0 aliphatic heterocycles. The van der Waals surface area contributed by atoms with E-state index in [1.165, 1.54) is 18.4 Å². The van der Waals surface area contributed by atoms with Crippen molar-refractivity contribution >= 4 is 28.7 Å². The first-order valence-electron chi connectivity index (χ1n) is 6.87. The number of carbonyl (C=O) groups excluding carboxylic acids is 1. The van der Waals surface area contributed by atoms with E-state index in [0.717, 1.165) is 21.8 Å². The Morgan fingerprint density at radius 1 is 1.00 bits per heavy atom. The molecule has 0 unspecified atom stereocenters. The van der Waals surface area contributed by atoms with Gasteiger partial charge in [-0.1, -0.05) is 48.5 Å². The molecule has 2 aromatic carbocycles. The standard InChI is InChI=1S/C18H15NO2S/c1-21-18(20)17-15(19-14-10-6-3-7-11-14)12-16(22-17)13-8-4-2-5-9-13/h2-12,19H,1H3. The Morgan fingerprint density at radius 2 is 1.64 bits per heavy atom. The zero-order valence-corrected chi connectivity index (χ0v) is 12.9. The molecule has 4 heteroatoms. The second-order valence-electron chi connectivity index (χ2n) is 4.70. The van der Waals surface area contributed by atoms with Gasteiger partial charge in [0, 0.05) is 10.6 Å². The fourth-order valence-corrected chi connectivity index (χ4v) is 3.19. The summed E-state index contributed by atoms with van der Waals surface area (Å²) in [5, 5.41) is 3.29. The van der Waals surface area contributed by atoms with E-state index in [-0.39, 0.29) is 5.97 Å². The maximum absolute atomic E-state index is 12.0. The van der Waals surface area contributed by atoms with Crippen molar-refractivity contribution in [2.24, 2.45) is 0 Å². The molecule has 0 saturated carbocycles. The SMILES string of the molecule is COC(=O)c1sc(-c2ccccc2)cc1Nc1ccccc1. The van der Waals surface area contributed by atoms with Gasteiger partial charge in [-0.05, 0) is 23.8 Å². The third-order valence-electron chi connectivity index (χ3n) is 3.21. The molecule has 0 aliphatic rings. The number of benzene rings is 2. The first-order chi connectivity index (χ1) is 10.8. The number of esters is 1. The zero-order valence-electron chi connectivity index (χ0n) is 12.1. The summed E-state index contributed by atoms with van der Waals surface area (Å²) in [5.74, 6) is -0.328. The van der Waals surface area contributed by atoms with Crippen LogP contribution in [0.4, 0.5) is 11.4 Å². The lowest BCUT2D eigenvalue weighted by Crippen LogP contribution is -2.01. The van der Waals surface area contributed by atoms with Crippen molar-refractivity contribution in [2.45, 2.75) is 0 Å². The molecule has 0 fully saturated rings. The van der Waals surface area contributed by atoms with E-state index in [1.807, 2.05) is 66.7 Å². The Kier molecular flexibility index (Phi) is 4.21. The van der Waals surface area contributed by atoms with Crippen LogP contribution in [0.2, 0.25) is 0 Å². The molecule has 0 saturated heterocycles. The third-order valence-corrected chi connectivity index (χ3v) is 4.38. The summed E-state index contributed by atoms with van der Waals surface area (Å²) in [4.78, 5) is 13.6. The molecule has 1 heterocycles. The number of anilines is 2. The summed E-state index contributed by atoms with van der Waals surface area (Å²) in [6.45, 7) is 0. The number of carbonyl (C=O) groups is 1. The Bertz CT molecular complexity index is 766. The number of thiophene rings is 1. The number of hydrogen-bond donors (Lipinski definition) is 1. The summed E-state index contributed by atoms with van der Waals surface area (Å²) < 4.78 is 4.90. The summed E-state index contributed by atoms with van der Waals surface area (Å²) in [6, 6.07) is 21.7. The van der Waals surface area contributed by atoms with Gasteiger partial charge in [0.2, 0.25) is 0 Å². The highest BCUT2D eigenvalue weighted by Gasteiger charge is 2.17. The maximum Gasteiger partial charge on any atom is 0.350 e. The van der Waals surface area contributed by atoms with Gasteiger partial charge in [0.15, 0.2) is 0 Å². The first-order valence-corrected chi connectivity index (χ1v) is 7.69. The lowest BCUT2D eigenvalue weighted by molar-refractivity contribution is 0.0607. The number of rotatable bonds is 4. The molecular formula is C18H15NO2S. The molecule has 22 heavy (non-hydrogen) atoms. The minimum atomic E-state index is -0.328. The van der Waals surface area contributed by atoms with Crippen molar-refractivity contribution < 1.29 is 9.53 Å². The predicted octanol–water partition coefficient (Wildman–Crippen LogP) is 4.95. The van der Waals surface area contributed by atoms with Crippen LogP contribution in [0.5, 0.6) is 0 Å². The molecule has 0 aliphatic carbocycles. The minimum Gasteiger partial charge on any atom is -0.465 e. The average Bonchev–Trinajstić information content (AvgIpc) is 3.00. The summed E-state index contributed by atoms with van der Waals surface area (Å²) >= 11 is 1.43. The largest absolute Gasteiger partial charge is 0.465 e. The third kappa shape index (κ3) is 3.02. The first kappa shape index (κ1) is 14.4. The monoisotopic (exact) mass is 309 g/mol. The number of para-hydroxylation sites is 1.